The fourth-order valence-electron chi connectivity index (χ4n) is 7.88. The molecule has 3 aliphatic rings. The highest BCUT2D eigenvalue weighted by Gasteiger charge is 2.40. The molecule has 0 aromatic rings. The Morgan fingerprint density at radius 1 is 0.894 bits per heavy atom. The summed E-state index contributed by atoms with van der Waals surface area (Å²) >= 11 is 0. The van der Waals surface area contributed by atoms with Crippen LogP contribution in [-0.4, -0.2) is 91.2 Å². The Morgan fingerprint density at radius 2 is 1.49 bits per heavy atom. The van der Waals surface area contributed by atoms with Gasteiger partial charge in [0, 0.05) is 50.4 Å². The molecule has 3 rings (SSSR count). The van der Waals surface area contributed by atoms with E-state index in [0.717, 1.165) is 32.1 Å². The Bertz CT molecular complexity index is 1120. The fraction of sp³-hybridized carbons (Fsp3) is 0.886. The van der Waals surface area contributed by atoms with Gasteiger partial charge in [0.1, 0.15) is 12.3 Å². The minimum Gasteiger partial charge on any atom is -0.390 e. The van der Waals surface area contributed by atoms with Gasteiger partial charge in [0.05, 0.1) is 17.4 Å². The molecule has 0 spiro atoms. The van der Waals surface area contributed by atoms with Crippen LogP contribution in [-0.2, 0) is 19.6 Å². The lowest BCUT2D eigenvalue weighted by atomic mass is 9.74. The van der Waals surface area contributed by atoms with Crippen molar-refractivity contribution in [2.75, 3.05) is 26.2 Å². The number of alkyl halides is 2. The van der Waals surface area contributed by atoms with Crippen molar-refractivity contribution in [1.82, 2.24) is 20.1 Å². The molecule has 0 heterocycles. The third kappa shape index (κ3) is 12.2. The number of hydrogen-bond donors (Lipinski definition) is 3. The molecule has 3 saturated carbocycles. The molecule has 12 heteroatoms. The smallest absolute Gasteiger partial charge is 0.227 e. The number of amides is 2. The zero-order valence-corrected chi connectivity index (χ0v) is 29.7. The van der Waals surface area contributed by atoms with Gasteiger partial charge < -0.3 is 15.3 Å². The topological polar surface area (TPSA) is 119 Å². The first-order chi connectivity index (χ1) is 22.4. The van der Waals surface area contributed by atoms with Crippen molar-refractivity contribution in [3.05, 3.63) is 0 Å². The quantitative estimate of drug-likeness (QED) is 0.148. The third-order valence-corrected chi connectivity index (χ3v) is 12.0. The maximum Gasteiger partial charge on any atom is 0.227 e. The number of rotatable bonds is 17. The Morgan fingerprint density at radius 3 is 2.06 bits per heavy atom. The first-order valence-electron chi connectivity index (χ1n) is 18.2. The van der Waals surface area contributed by atoms with Gasteiger partial charge in [-0.2, -0.15) is 0 Å². The monoisotopic (exact) mass is 686 g/mol. The van der Waals surface area contributed by atoms with Crippen molar-refractivity contribution in [1.29, 1.82) is 0 Å². The molecule has 0 bridgehead atoms. The van der Waals surface area contributed by atoms with Gasteiger partial charge in [-0.15, -0.1) is 17.2 Å². The van der Waals surface area contributed by atoms with Gasteiger partial charge in [0.25, 0.3) is 0 Å². The van der Waals surface area contributed by atoms with Crippen molar-refractivity contribution in [2.45, 2.75) is 147 Å². The van der Waals surface area contributed by atoms with Crippen LogP contribution in [0.25, 0.3) is 0 Å². The van der Waals surface area contributed by atoms with E-state index in [1.165, 1.54) is 5.01 Å². The van der Waals surface area contributed by atoms with E-state index in [1.54, 1.807) is 0 Å². The minimum absolute atomic E-state index is 0.00803. The van der Waals surface area contributed by atoms with Gasteiger partial charge in [-0.3, -0.25) is 9.59 Å². The first-order valence-corrected chi connectivity index (χ1v) is 19.7. The minimum atomic E-state index is -3.67. The molecule has 270 valence electrons. The van der Waals surface area contributed by atoms with E-state index in [4.69, 9.17) is 6.42 Å². The number of aliphatic hydroxyl groups is 1. The van der Waals surface area contributed by atoms with Gasteiger partial charge >= 0.3 is 0 Å². The number of carbonyl (C=O) groups excluding carboxylic acids is 2. The van der Waals surface area contributed by atoms with Gasteiger partial charge in [-0.1, -0.05) is 40.0 Å². The largest absolute Gasteiger partial charge is 0.390 e. The van der Waals surface area contributed by atoms with E-state index in [1.807, 2.05) is 25.7 Å². The Balaban J connectivity index is 1.78. The van der Waals surface area contributed by atoms with Crippen molar-refractivity contribution in [2.24, 2.45) is 23.7 Å². The van der Waals surface area contributed by atoms with Crippen molar-refractivity contribution >= 4 is 21.8 Å². The molecule has 7 atom stereocenters. The fourth-order valence-corrected chi connectivity index (χ4v) is 9.51. The number of halogens is 2. The van der Waals surface area contributed by atoms with Crippen molar-refractivity contribution < 1.29 is 31.9 Å². The van der Waals surface area contributed by atoms with Gasteiger partial charge in [-0.05, 0) is 76.5 Å². The number of carbonyl (C=O) groups is 2. The van der Waals surface area contributed by atoms with E-state index < -0.39 is 57.5 Å². The summed E-state index contributed by atoms with van der Waals surface area (Å²) < 4.78 is 55.3. The van der Waals surface area contributed by atoms with Crippen LogP contribution in [0.15, 0.2) is 0 Å². The highest BCUT2D eigenvalue weighted by atomic mass is 32.2. The Kier molecular flexibility index (Phi) is 16.4. The second kappa shape index (κ2) is 19.4. The molecule has 0 radical (unpaired) electrons. The summed E-state index contributed by atoms with van der Waals surface area (Å²) in [5, 5.41) is 15.6. The van der Waals surface area contributed by atoms with E-state index in [2.05, 4.69) is 16.1 Å². The zero-order valence-electron chi connectivity index (χ0n) is 28.8. The lowest BCUT2D eigenvalue weighted by Gasteiger charge is -2.37. The van der Waals surface area contributed by atoms with Crippen LogP contribution < -0.4 is 10.1 Å². The molecule has 2 amide bonds. The van der Waals surface area contributed by atoms with Crippen LogP contribution in [0.4, 0.5) is 8.78 Å². The third-order valence-electron chi connectivity index (χ3n) is 10.2. The van der Waals surface area contributed by atoms with Gasteiger partial charge in [-0.25, -0.2) is 22.2 Å². The Hall–Kier alpha value is -1.81. The summed E-state index contributed by atoms with van der Waals surface area (Å²) in [4.78, 5) is 32.0. The molecule has 7 unspecified atom stereocenters. The number of nitrogens with zero attached hydrogens (tertiary/aromatic N) is 2. The molecule has 3 aliphatic carbocycles. The van der Waals surface area contributed by atoms with E-state index in [0.29, 0.717) is 58.2 Å². The highest BCUT2D eigenvalue weighted by molar-refractivity contribution is 7.90. The van der Waals surface area contributed by atoms with Crippen LogP contribution in [0.5, 0.6) is 0 Å². The van der Waals surface area contributed by atoms with Crippen molar-refractivity contribution in [3.63, 3.8) is 0 Å². The summed E-state index contributed by atoms with van der Waals surface area (Å²) in [6.45, 7) is 7.47. The van der Waals surface area contributed by atoms with Crippen LogP contribution in [0, 0.1) is 36.0 Å². The summed E-state index contributed by atoms with van der Waals surface area (Å²) in [7, 11) is -3.67. The molecule has 0 aromatic carbocycles. The van der Waals surface area contributed by atoms with E-state index >= 15 is 0 Å². The average molecular weight is 687 g/mol. The molecule has 3 fully saturated rings. The van der Waals surface area contributed by atoms with Crippen LogP contribution in [0.2, 0.25) is 0 Å². The number of hydrazine groups is 1. The molecule has 0 aliphatic heterocycles. The standard InChI is InChI=1S/C35H60F2N4O5S/c1-5-14-40(15-6-2)35(44)28-18-25(8-4)17-27(22-28)34(43)38-32(21-26-19-29(36)23-30(37)20-26)33(42)24-41(16-7-3)39-47(45,46)31-12-10-9-11-13-31/h4,25-33,39,42H,5-7,9-24H2,1-3H3,(H,38,43). The number of terminal acetylenes is 1. The average Bonchev–Trinajstić information content (AvgIpc) is 3.03. The summed E-state index contributed by atoms with van der Waals surface area (Å²) in [6.07, 6.45) is 9.70. The number of sulfonamides is 1. The lowest BCUT2D eigenvalue weighted by molar-refractivity contribution is -0.139. The molecule has 0 aromatic heterocycles. The second-order valence-corrected chi connectivity index (χ2v) is 16.3. The van der Waals surface area contributed by atoms with E-state index in [9.17, 15) is 31.9 Å². The summed E-state index contributed by atoms with van der Waals surface area (Å²) in [5.74, 6) is 0.806. The zero-order chi connectivity index (χ0) is 34.6. The first kappa shape index (κ1) is 39.6. The van der Waals surface area contributed by atoms with Gasteiger partial charge in [0.15, 0.2) is 0 Å². The normalized spacial score (nSPS) is 28.7. The summed E-state index contributed by atoms with van der Waals surface area (Å²) in [6, 6.07) is -0.874. The predicted molar refractivity (Wildman–Crippen MR) is 181 cm³/mol. The summed E-state index contributed by atoms with van der Waals surface area (Å²) in [5.41, 5.74) is 0. The SMILES string of the molecule is C#CC1CC(C(=O)NC(CC2CC(F)CC(F)C2)C(O)CN(CCC)NS(=O)(=O)C2CCCCC2)CC(C(=O)N(CCC)CCC)C1. The molecule has 3 N–H and O–H groups in total. The highest BCUT2D eigenvalue weighted by Crippen LogP contribution is 2.36. The van der Waals surface area contributed by atoms with Crippen LogP contribution >= 0.6 is 0 Å². The van der Waals surface area contributed by atoms with Crippen LogP contribution in [0.3, 0.4) is 0 Å². The number of hydrogen-bond acceptors (Lipinski definition) is 6. The maximum absolute atomic E-state index is 14.4. The van der Waals surface area contributed by atoms with Crippen molar-refractivity contribution in [3.8, 4) is 12.3 Å². The van der Waals surface area contributed by atoms with E-state index in [-0.39, 0.29) is 50.0 Å². The predicted octanol–water partition coefficient (Wildman–Crippen LogP) is 4.89. The molecule has 0 saturated heterocycles. The maximum atomic E-state index is 14.4. The molecular formula is C35H60F2N4O5S. The molecular weight excluding hydrogens is 626 g/mol. The number of nitrogens with one attached hydrogen (secondary N) is 2. The lowest BCUT2D eigenvalue weighted by Crippen LogP contribution is -2.55. The van der Waals surface area contributed by atoms with Crippen LogP contribution in [0.1, 0.15) is 117 Å². The molecule has 47 heavy (non-hydrogen) atoms. The Labute approximate surface area is 282 Å². The second-order valence-electron chi connectivity index (χ2n) is 14.3. The number of aliphatic hydroxyl groups excluding tert-OH is 1. The molecule has 9 nitrogen and oxygen atoms in total. The van der Waals surface area contributed by atoms with Gasteiger partial charge in [0.2, 0.25) is 21.8 Å².